The lowest BCUT2D eigenvalue weighted by atomic mass is 9.74. The zero-order valence-electron chi connectivity index (χ0n) is 33.6. The molecule has 0 radical (unpaired) electrons. The highest BCUT2D eigenvalue weighted by Crippen LogP contribution is 2.52. The molecule has 5 nitrogen and oxygen atoms in total. The third kappa shape index (κ3) is 4.61. The summed E-state index contributed by atoms with van der Waals surface area (Å²) in [5, 5.41) is 19.0. The van der Waals surface area contributed by atoms with Crippen molar-refractivity contribution < 1.29 is 0 Å². The highest BCUT2D eigenvalue weighted by Gasteiger charge is 2.37. The molecule has 290 valence electrons. The molecule has 3 heterocycles. The molecular formula is C57H37N5. The monoisotopic (exact) mass is 791 g/mol. The van der Waals surface area contributed by atoms with Gasteiger partial charge in [-0.3, -0.25) is 0 Å². The van der Waals surface area contributed by atoms with E-state index in [2.05, 4.69) is 214 Å². The van der Waals surface area contributed by atoms with Crippen molar-refractivity contribution in [3.63, 3.8) is 0 Å². The second-order valence-corrected chi connectivity index (χ2v) is 16.5. The Kier molecular flexibility index (Phi) is 7.29. The van der Waals surface area contributed by atoms with Crippen LogP contribution in [0.2, 0.25) is 0 Å². The molecule has 12 aromatic rings. The molecule has 2 N–H and O–H groups in total. The molecule has 0 saturated heterocycles. The predicted molar refractivity (Wildman–Crippen MR) is 256 cm³/mol. The molecule has 9 aromatic carbocycles. The summed E-state index contributed by atoms with van der Waals surface area (Å²) in [5.74, 6) is -0.192. The number of hydrogen-bond donors (Lipinski definition) is 1. The first kappa shape index (κ1) is 34.5. The molecule has 0 saturated carbocycles. The quantitative estimate of drug-likeness (QED) is 0.180. The number of anilines is 1. The van der Waals surface area contributed by atoms with Gasteiger partial charge in [0.05, 0.1) is 55.8 Å². The van der Waals surface area contributed by atoms with Gasteiger partial charge in [0.15, 0.2) is 0 Å². The zero-order chi connectivity index (χ0) is 41.1. The van der Waals surface area contributed by atoms with Gasteiger partial charge in [-0.2, -0.15) is 5.26 Å². The summed E-state index contributed by atoms with van der Waals surface area (Å²) in [6.07, 6.45) is 0.716. The van der Waals surface area contributed by atoms with Crippen LogP contribution in [0.5, 0.6) is 0 Å². The van der Waals surface area contributed by atoms with Gasteiger partial charge in [-0.05, 0) is 65.1 Å². The van der Waals surface area contributed by atoms with Crippen molar-refractivity contribution in [1.29, 1.82) is 5.26 Å². The van der Waals surface area contributed by atoms with Crippen LogP contribution in [0.25, 0.3) is 93.6 Å². The van der Waals surface area contributed by atoms with Crippen LogP contribution < -0.4 is 5.73 Å². The average molecular weight is 792 g/mol. The summed E-state index contributed by atoms with van der Waals surface area (Å²) in [5.41, 5.74) is 23.7. The molecule has 3 aromatic heterocycles. The van der Waals surface area contributed by atoms with Crippen LogP contribution >= 0.6 is 0 Å². The Hall–Kier alpha value is -8.33. The smallest absolute Gasteiger partial charge is 0.104 e. The zero-order valence-corrected chi connectivity index (χ0v) is 33.6. The molecule has 62 heavy (non-hydrogen) atoms. The highest BCUT2D eigenvalue weighted by atomic mass is 15.1. The van der Waals surface area contributed by atoms with E-state index in [1.807, 2.05) is 0 Å². The molecule has 1 atom stereocenters. The molecule has 0 fully saturated rings. The van der Waals surface area contributed by atoms with Gasteiger partial charge in [-0.15, -0.1) is 0 Å². The molecule has 1 aliphatic carbocycles. The molecule has 5 heteroatoms. The number of nitrogen functional groups attached to an aromatic ring is 1. The van der Waals surface area contributed by atoms with Gasteiger partial charge < -0.3 is 19.4 Å². The molecule has 13 rings (SSSR count). The second-order valence-electron chi connectivity index (χ2n) is 16.5. The third-order valence-corrected chi connectivity index (χ3v) is 13.4. The maximum absolute atomic E-state index is 12.3. The minimum atomic E-state index is -0.192. The first-order valence-corrected chi connectivity index (χ1v) is 21.2. The minimum Gasteiger partial charge on any atom is -0.397 e. The Morgan fingerprint density at radius 1 is 0.403 bits per heavy atom. The van der Waals surface area contributed by atoms with E-state index in [1.54, 1.807) is 0 Å². The van der Waals surface area contributed by atoms with Crippen molar-refractivity contribution >= 4 is 71.1 Å². The number of para-hydroxylation sites is 6. The second kappa shape index (κ2) is 13.1. The summed E-state index contributed by atoms with van der Waals surface area (Å²) < 4.78 is 6.98. The van der Waals surface area contributed by atoms with E-state index in [0.717, 1.165) is 88.0 Å². The van der Waals surface area contributed by atoms with Crippen LogP contribution in [0.3, 0.4) is 0 Å². The lowest BCUT2D eigenvalue weighted by Crippen LogP contribution is -2.21. The molecular weight excluding hydrogens is 755 g/mol. The fourth-order valence-corrected chi connectivity index (χ4v) is 11.0. The summed E-state index contributed by atoms with van der Waals surface area (Å²) in [4.78, 5) is 0. The normalized spacial score (nSPS) is 13.6. The Labute approximate surface area is 357 Å². The number of rotatable bonds is 4. The molecule has 0 bridgehead atoms. The average Bonchev–Trinajstić information content (AvgIpc) is 3.97. The van der Waals surface area contributed by atoms with Crippen LogP contribution in [-0.2, 0) is 6.42 Å². The molecule has 1 unspecified atom stereocenters. The van der Waals surface area contributed by atoms with E-state index >= 15 is 0 Å². The number of nitriles is 1. The molecule has 0 amide bonds. The SMILES string of the molecule is N#Cc1c(-n2c3ccccc3c3ccccc32)c(C2Cc3ccccc3-c3ccccc32)c(N)c(-n2c3ccccc3c3ccccc32)c1-n1c2ccccc2c2ccccc21. The van der Waals surface area contributed by atoms with Gasteiger partial charge in [-0.1, -0.05) is 158 Å². The highest BCUT2D eigenvalue weighted by molar-refractivity contribution is 6.14. The van der Waals surface area contributed by atoms with Crippen molar-refractivity contribution in [3.05, 3.63) is 216 Å². The van der Waals surface area contributed by atoms with Gasteiger partial charge >= 0.3 is 0 Å². The first-order chi connectivity index (χ1) is 30.7. The van der Waals surface area contributed by atoms with Crippen molar-refractivity contribution in [3.8, 4) is 34.3 Å². The van der Waals surface area contributed by atoms with E-state index < -0.39 is 0 Å². The van der Waals surface area contributed by atoms with Gasteiger partial charge in [0.25, 0.3) is 0 Å². The predicted octanol–water partition coefficient (Wildman–Crippen LogP) is 13.8. The number of nitrogens with two attached hydrogens (primary N) is 1. The van der Waals surface area contributed by atoms with Crippen LogP contribution in [-0.4, -0.2) is 13.7 Å². The Morgan fingerprint density at radius 3 is 1.21 bits per heavy atom. The fraction of sp³-hybridized carbons (Fsp3) is 0.0351. The minimum absolute atomic E-state index is 0.192. The number of hydrogen-bond acceptors (Lipinski definition) is 2. The summed E-state index contributed by atoms with van der Waals surface area (Å²) in [6.45, 7) is 0. The topological polar surface area (TPSA) is 64.6 Å². The van der Waals surface area contributed by atoms with Crippen molar-refractivity contribution in [1.82, 2.24) is 13.7 Å². The summed E-state index contributed by atoms with van der Waals surface area (Å²) in [6, 6.07) is 71.8. The Balaban J connectivity index is 1.31. The van der Waals surface area contributed by atoms with E-state index in [9.17, 15) is 5.26 Å². The van der Waals surface area contributed by atoms with E-state index in [1.165, 1.54) is 22.3 Å². The third-order valence-electron chi connectivity index (χ3n) is 13.4. The number of aromatic nitrogens is 3. The van der Waals surface area contributed by atoms with E-state index in [4.69, 9.17) is 5.73 Å². The number of nitrogens with zero attached hydrogens (tertiary/aromatic N) is 4. The molecule has 1 aliphatic rings. The van der Waals surface area contributed by atoms with E-state index in [0.29, 0.717) is 17.7 Å². The first-order valence-electron chi connectivity index (χ1n) is 21.2. The van der Waals surface area contributed by atoms with Gasteiger partial charge in [-0.25, -0.2) is 0 Å². The van der Waals surface area contributed by atoms with Gasteiger partial charge in [0.1, 0.15) is 11.6 Å². The lowest BCUT2D eigenvalue weighted by molar-refractivity contribution is 0.787. The largest absolute Gasteiger partial charge is 0.397 e. The van der Waals surface area contributed by atoms with Gasteiger partial charge in [0.2, 0.25) is 0 Å². The van der Waals surface area contributed by atoms with Crippen LogP contribution in [0.4, 0.5) is 5.69 Å². The Bertz CT molecular complexity index is 3730. The van der Waals surface area contributed by atoms with Crippen LogP contribution in [0, 0.1) is 11.3 Å². The lowest BCUT2D eigenvalue weighted by Gasteiger charge is -2.33. The maximum Gasteiger partial charge on any atom is 0.104 e. The summed E-state index contributed by atoms with van der Waals surface area (Å²) in [7, 11) is 0. The van der Waals surface area contributed by atoms with Crippen molar-refractivity contribution in [2.24, 2.45) is 0 Å². The molecule has 0 aliphatic heterocycles. The van der Waals surface area contributed by atoms with Crippen molar-refractivity contribution in [2.45, 2.75) is 12.3 Å². The number of fused-ring (bicyclic) bond motifs is 12. The summed E-state index contributed by atoms with van der Waals surface area (Å²) >= 11 is 0. The Morgan fingerprint density at radius 2 is 0.758 bits per heavy atom. The standard InChI is InChI=1S/C57H37N5/c58-34-46-55(60-47-27-11-5-21-39(47)40-22-6-12-28-48(40)60)53(45-33-35-17-1-2-18-36(35)37-19-3-4-20-38(37)45)54(59)57(62-51-31-15-9-25-43(51)44-26-10-16-32-52(44)62)56(46)61-49-29-13-7-23-41(49)42-24-8-14-30-50(42)61/h1-32,45H,33,59H2. The van der Waals surface area contributed by atoms with Crippen LogP contribution in [0.1, 0.15) is 28.2 Å². The molecule has 0 spiro atoms. The fourth-order valence-electron chi connectivity index (χ4n) is 11.0. The van der Waals surface area contributed by atoms with Crippen LogP contribution in [0.15, 0.2) is 194 Å². The van der Waals surface area contributed by atoms with E-state index in [-0.39, 0.29) is 5.92 Å². The number of benzene rings is 9. The maximum atomic E-state index is 12.3. The van der Waals surface area contributed by atoms with Gasteiger partial charge in [0, 0.05) is 43.8 Å². The van der Waals surface area contributed by atoms with Crippen molar-refractivity contribution in [2.75, 3.05) is 5.73 Å².